The number of hydrogen-bond acceptors (Lipinski definition) is 3. The van der Waals surface area contributed by atoms with Crippen LogP contribution in [0.15, 0.2) is 0 Å². The van der Waals surface area contributed by atoms with Crippen molar-refractivity contribution in [2.75, 3.05) is 13.1 Å². The summed E-state index contributed by atoms with van der Waals surface area (Å²) in [5.41, 5.74) is 4.37. The van der Waals surface area contributed by atoms with Crippen LogP contribution in [-0.4, -0.2) is 41.4 Å². The van der Waals surface area contributed by atoms with E-state index in [1.165, 1.54) is 4.90 Å². The van der Waals surface area contributed by atoms with Gasteiger partial charge in [0, 0.05) is 24.5 Å². The van der Waals surface area contributed by atoms with E-state index >= 15 is 0 Å². The first-order valence-corrected chi connectivity index (χ1v) is 6.26. The summed E-state index contributed by atoms with van der Waals surface area (Å²) in [6, 6.07) is 0. The molecule has 0 spiro atoms. The monoisotopic (exact) mass is 316 g/mol. The highest BCUT2D eigenvalue weighted by molar-refractivity contribution is 5.85. The smallest absolute Gasteiger partial charge is 0.410 e. The van der Waals surface area contributed by atoms with Gasteiger partial charge in [0.1, 0.15) is 5.60 Å². The Morgan fingerprint density at radius 3 is 2.35 bits per heavy atom. The molecule has 0 bridgehead atoms. The van der Waals surface area contributed by atoms with Crippen molar-refractivity contribution in [2.24, 2.45) is 17.6 Å². The molecule has 4 nitrogen and oxygen atoms in total. The predicted octanol–water partition coefficient (Wildman–Crippen LogP) is 2.55. The Morgan fingerprint density at radius 1 is 1.35 bits per heavy atom. The van der Waals surface area contributed by atoms with E-state index < -0.39 is 35.2 Å². The number of halogens is 4. The fourth-order valence-corrected chi connectivity index (χ4v) is 2.90. The number of carbonyl (C=O) groups excluding carboxylic acids is 1. The van der Waals surface area contributed by atoms with Gasteiger partial charge in [0.15, 0.2) is 0 Å². The third kappa shape index (κ3) is 3.14. The molecule has 0 aromatic carbocycles. The molecule has 2 fully saturated rings. The minimum Gasteiger partial charge on any atom is -0.444 e. The lowest BCUT2D eigenvalue weighted by Gasteiger charge is -2.48. The van der Waals surface area contributed by atoms with Crippen LogP contribution in [0, 0.1) is 11.8 Å². The summed E-state index contributed by atoms with van der Waals surface area (Å²) in [5.74, 6) is -2.11. The number of carbonyl (C=O) groups is 1. The number of rotatable bonds is 0. The normalized spacial score (nSPS) is 33.0. The molecule has 20 heavy (non-hydrogen) atoms. The van der Waals surface area contributed by atoms with E-state index in [2.05, 4.69) is 0 Å². The molecule has 2 rings (SSSR count). The van der Waals surface area contributed by atoms with E-state index in [0.717, 1.165) is 0 Å². The molecule has 1 saturated heterocycles. The number of likely N-dealkylation sites (tertiary alicyclic amines) is 1. The lowest BCUT2D eigenvalue weighted by Crippen LogP contribution is -2.63. The molecule has 1 aliphatic carbocycles. The van der Waals surface area contributed by atoms with Gasteiger partial charge in [-0.15, -0.1) is 12.4 Å². The third-order valence-corrected chi connectivity index (χ3v) is 3.80. The zero-order valence-corrected chi connectivity index (χ0v) is 12.5. The van der Waals surface area contributed by atoms with Crippen LogP contribution in [0.1, 0.15) is 27.2 Å². The van der Waals surface area contributed by atoms with Crippen molar-refractivity contribution >= 4 is 18.5 Å². The Morgan fingerprint density at radius 2 is 1.90 bits per heavy atom. The average molecular weight is 317 g/mol. The van der Waals surface area contributed by atoms with Gasteiger partial charge < -0.3 is 15.4 Å². The number of alkyl halides is 3. The highest BCUT2D eigenvalue weighted by Gasteiger charge is 2.65. The number of ether oxygens (including phenoxy) is 1. The lowest BCUT2D eigenvalue weighted by molar-refractivity contribution is -0.224. The van der Waals surface area contributed by atoms with E-state index in [1.807, 2.05) is 0 Å². The van der Waals surface area contributed by atoms with Gasteiger partial charge in [-0.3, -0.25) is 0 Å². The molecule has 1 heterocycles. The number of nitrogens with two attached hydrogens (primary N) is 1. The summed E-state index contributed by atoms with van der Waals surface area (Å²) in [4.78, 5) is 13.1. The van der Waals surface area contributed by atoms with E-state index in [9.17, 15) is 18.0 Å². The summed E-state index contributed by atoms with van der Waals surface area (Å²) in [6.07, 6.45) is -4.94. The van der Waals surface area contributed by atoms with Crippen LogP contribution in [0.5, 0.6) is 0 Å². The van der Waals surface area contributed by atoms with Crippen LogP contribution < -0.4 is 5.73 Å². The number of nitrogens with zero attached hydrogens (tertiary/aromatic N) is 1. The SMILES string of the molecule is CC(C)(C)OC(=O)N1C[C@@H]2[C@@H](C(F)(F)F)C[C@]2(N)C1.Cl. The Balaban J connectivity index is 0.00000200. The zero-order chi connectivity index (χ0) is 14.6. The van der Waals surface area contributed by atoms with Gasteiger partial charge in [-0.1, -0.05) is 0 Å². The van der Waals surface area contributed by atoms with E-state index in [1.54, 1.807) is 20.8 Å². The molecule has 118 valence electrons. The second-order valence-corrected chi connectivity index (χ2v) is 6.55. The van der Waals surface area contributed by atoms with Gasteiger partial charge in [-0.2, -0.15) is 13.2 Å². The van der Waals surface area contributed by atoms with Crippen LogP contribution >= 0.6 is 12.4 Å². The van der Waals surface area contributed by atoms with Crippen LogP contribution in [0.4, 0.5) is 18.0 Å². The summed E-state index contributed by atoms with van der Waals surface area (Å²) in [6.45, 7) is 5.31. The summed E-state index contributed by atoms with van der Waals surface area (Å²) < 4.78 is 43.3. The minimum absolute atomic E-state index is 0. The Kier molecular flexibility index (Phi) is 4.29. The zero-order valence-electron chi connectivity index (χ0n) is 11.7. The fourth-order valence-electron chi connectivity index (χ4n) is 2.90. The first-order chi connectivity index (χ1) is 8.42. The molecule has 1 amide bonds. The van der Waals surface area contributed by atoms with Gasteiger partial charge in [0.05, 0.1) is 5.92 Å². The van der Waals surface area contributed by atoms with Gasteiger partial charge >= 0.3 is 12.3 Å². The molecule has 2 aliphatic rings. The maximum Gasteiger partial charge on any atom is 0.410 e. The summed E-state index contributed by atoms with van der Waals surface area (Å²) >= 11 is 0. The molecule has 3 atom stereocenters. The minimum atomic E-state index is -4.24. The first-order valence-electron chi connectivity index (χ1n) is 6.26. The number of fused-ring (bicyclic) bond motifs is 1. The number of amides is 1. The molecule has 1 saturated carbocycles. The van der Waals surface area contributed by atoms with E-state index in [-0.39, 0.29) is 31.9 Å². The average Bonchev–Trinajstić information content (AvgIpc) is 2.38. The van der Waals surface area contributed by atoms with Crippen LogP contribution in [0.3, 0.4) is 0 Å². The van der Waals surface area contributed by atoms with Crippen molar-refractivity contribution in [1.29, 1.82) is 0 Å². The van der Waals surface area contributed by atoms with Gasteiger partial charge in [0.2, 0.25) is 0 Å². The summed E-state index contributed by atoms with van der Waals surface area (Å²) in [7, 11) is 0. The Labute approximate surface area is 122 Å². The summed E-state index contributed by atoms with van der Waals surface area (Å²) in [5, 5.41) is 0. The largest absolute Gasteiger partial charge is 0.444 e. The van der Waals surface area contributed by atoms with Crippen molar-refractivity contribution < 1.29 is 22.7 Å². The molecule has 8 heteroatoms. The standard InChI is InChI=1S/C12H19F3N2O2.ClH/c1-10(2,3)19-9(18)17-5-8-7(12(13,14)15)4-11(8,16)6-17;/h7-8H,4-6,16H2,1-3H3;1H/t7-,8+,11-;/m0./s1. The van der Waals surface area contributed by atoms with Crippen molar-refractivity contribution in [3.8, 4) is 0 Å². The molecule has 0 radical (unpaired) electrons. The van der Waals surface area contributed by atoms with Gasteiger partial charge in [-0.25, -0.2) is 4.79 Å². The lowest BCUT2D eigenvalue weighted by atomic mass is 9.61. The number of hydrogen-bond donors (Lipinski definition) is 1. The van der Waals surface area contributed by atoms with Crippen LogP contribution in [-0.2, 0) is 4.74 Å². The van der Waals surface area contributed by atoms with Crippen molar-refractivity contribution in [1.82, 2.24) is 4.90 Å². The Bertz CT molecular complexity index is 397. The molecule has 0 aromatic heterocycles. The van der Waals surface area contributed by atoms with E-state index in [4.69, 9.17) is 10.5 Å². The highest BCUT2D eigenvalue weighted by Crippen LogP contribution is 2.54. The van der Waals surface area contributed by atoms with Gasteiger partial charge in [0.25, 0.3) is 0 Å². The molecular formula is C12H20ClF3N2O2. The maximum atomic E-state index is 12.7. The van der Waals surface area contributed by atoms with Crippen molar-refractivity contribution in [3.63, 3.8) is 0 Å². The van der Waals surface area contributed by atoms with Gasteiger partial charge in [-0.05, 0) is 27.2 Å². The molecule has 0 unspecified atom stereocenters. The highest BCUT2D eigenvalue weighted by atomic mass is 35.5. The van der Waals surface area contributed by atoms with Crippen molar-refractivity contribution in [3.05, 3.63) is 0 Å². The molecular weight excluding hydrogens is 297 g/mol. The molecule has 1 aliphatic heterocycles. The second-order valence-electron chi connectivity index (χ2n) is 6.55. The van der Waals surface area contributed by atoms with E-state index in [0.29, 0.717) is 0 Å². The fraction of sp³-hybridized carbons (Fsp3) is 0.917. The quantitative estimate of drug-likeness (QED) is 0.747. The van der Waals surface area contributed by atoms with Crippen molar-refractivity contribution in [2.45, 2.75) is 44.5 Å². The second kappa shape index (κ2) is 4.94. The maximum absolute atomic E-state index is 12.7. The topological polar surface area (TPSA) is 55.6 Å². The predicted molar refractivity (Wildman–Crippen MR) is 69.6 cm³/mol. The van der Waals surface area contributed by atoms with Crippen LogP contribution in [0.25, 0.3) is 0 Å². The molecule has 2 N–H and O–H groups in total. The molecule has 0 aromatic rings. The Hall–Kier alpha value is -0.690. The third-order valence-electron chi connectivity index (χ3n) is 3.80. The first kappa shape index (κ1) is 17.4. The van der Waals surface area contributed by atoms with Crippen LogP contribution in [0.2, 0.25) is 0 Å².